The summed E-state index contributed by atoms with van der Waals surface area (Å²) in [7, 11) is 0. The lowest BCUT2D eigenvalue weighted by atomic mass is 10.1. The summed E-state index contributed by atoms with van der Waals surface area (Å²) in [5.41, 5.74) is 8.84. The lowest BCUT2D eigenvalue weighted by molar-refractivity contribution is 0.102. The number of aromatic nitrogens is 3. The minimum atomic E-state index is -0.676. The van der Waals surface area contributed by atoms with Gasteiger partial charge in [-0.3, -0.25) is 14.1 Å². The zero-order valence-corrected chi connectivity index (χ0v) is 21.6. The molecule has 1 aliphatic rings. The number of amides is 1. The second-order valence-corrected chi connectivity index (χ2v) is 10.4. The van der Waals surface area contributed by atoms with Crippen molar-refractivity contribution in [1.29, 1.82) is 0 Å². The summed E-state index contributed by atoms with van der Waals surface area (Å²) in [6, 6.07) is 12.3. The molecule has 0 atom stereocenters. The number of halogens is 2. The molecule has 39 heavy (non-hydrogen) atoms. The van der Waals surface area contributed by atoms with Crippen LogP contribution in [-0.2, 0) is 6.54 Å². The van der Waals surface area contributed by atoms with Crippen molar-refractivity contribution in [1.82, 2.24) is 19.3 Å². The molecular formula is C28H25F2N7OS. The number of nitrogens with one attached hydrogen (secondary N) is 2. The first-order valence-corrected chi connectivity index (χ1v) is 13.3. The fraction of sp³-hybridized carbons (Fsp3) is 0.179. The summed E-state index contributed by atoms with van der Waals surface area (Å²) in [6.07, 6.45) is 8.06. The molecule has 1 amide bonds. The van der Waals surface area contributed by atoms with Crippen LogP contribution in [0.25, 0.3) is 16.2 Å². The number of carbonyl (C=O) groups excluding carboxylic acids is 1. The average Bonchev–Trinajstić information content (AvgIpc) is 3.69. The van der Waals surface area contributed by atoms with E-state index in [4.69, 9.17) is 5.73 Å². The molecule has 4 N–H and O–H groups in total. The number of thiazole rings is 1. The summed E-state index contributed by atoms with van der Waals surface area (Å²) < 4.78 is 30.9. The molecule has 11 heteroatoms. The SMILES string of the molecule is Nc1cccc(F)c1NC(=O)c1ccc(Nc2ncc(-c3cnc4cc(CN5CCCC5)ccn34)s2)c(F)c1. The quantitative estimate of drug-likeness (QED) is 0.220. The van der Waals surface area contributed by atoms with Crippen LogP contribution in [0.15, 0.2) is 67.1 Å². The van der Waals surface area contributed by atoms with Crippen molar-refractivity contribution < 1.29 is 13.6 Å². The molecule has 0 bridgehead atoms. The molecular weight excluding hydrogens is 520 g/mol. The largest absolute Gasteiger partial charge is 0.397 e. The Morgan fingerprint density at radius 3 is 2.67 bits per heavy atom. The highest BCUT2D eigenvalue weighted by atomic mass is 32.1. The highest BCUT2D eigenvalue weighted by Gasteiger charge is 2.17. The van der Waals surface area contributed by atoms with E-state index in [1.165, 1.54) is 60.1 Å². The molecule has 2 aromatic carbocycles. The van der Waals surface area contributed by atoms with Crippen molar-refractivity contribution in [2.45, 2.75) is 19.4 Å². The molecule has 8 nitrogen and oxygen atoms in total. The van der Waals surface area contributed by atoms with Gasteiger partial charge in [-0.05, 0) is 74.0 Å². The van der Waals surface area contributed by atoms with Crippen LogP contribution in [-0.4, -0.2) is 38.3 Å². The number of nitrogens with zero attached hydrogens (tertiary/aromatic N) is 4. The van der Waals surface area contributed by atoms with Gasteiger partial charge in [0.2, 0.25) is 0 Å². The zero-order chi connectivity index (χ0) is 26.9. The van der Waals surface area contributed by atoms with E-state index in [-0.39, 0.29) is 22.6 Å². The highest BCUT2D eigenvalue weighted by molar-refractivity contribution is 7.18. The Kier molecular flexibility index (Phi) is 6.67. The maximum atomic E-state index is 14.9. The van der Waals surface area contributed by atoms with Crippen LogP contribution in [0.1, 0.15) is 28.8 Å². The predicted molar refractivity (Wildman–Crippen MR) is 149 cm³/mol. The fourth-order valence-corrected chi connectivity index (χ4v) is 5.52. The van der Waals surface area contributed by atoms with E-state index in [1.807, 2.05) is 16.8 Å². The van der Waals surface area contributed by atoms with E-state index in [0.29, 0.717) is 5.13 Å². The van der Waals surface area contributed by atoms with Crippen LogP contribution >= 0.6 is 11.3 Å². The summed E-state index contributed by atoms with van der Waals surface area (Å²) in [5, 5.41) is 5.86. The molecule has 198 valence electrons. The molecule has 4 heterocycles. The monoisotopic (exact) mass is 545 g/mol. The molecule has 3 aromatic heterocycles. The Morgan fingerprint density at radius 2 is 1.87 bits per heavy atom. The number of likely N-dealkylation sites (tertiary alicyclic amines) is 1. The number of pyridine rings is 1. The average molecular weight is 546 g/mol. The van der Waals surface area contributed by atoms with Crippen molar-refractivity contribution in [3.63, 3.8) is 0 Å². The summed E-state index contributed by atoms with van der Waals surface area (Å²) >= 11 is 1.36. The summed E-state index contributed by atoms with van der Waals surface area (Å²) in [5.74, 6) is -2.00. The number of fused-ring (bicyclic) bond motifs is 1. The number of benzene rings is 2. The van der Waals surface area contributed by atoms with E-state index in [0.717, 1.165) is 41.9 Å². The Balaban J connectivity index is 1.16. The first-order valence-electron chi connectivity index (χ1n) is 12.5. The normalized spacial score (nSPS) is 13.7. The first kappa shape index (κ1) is 25.0. The number of anilines is 4. The van der Waals surface area contributed by atoms with Gasteiger partial charge in [-0.15, -0.1) is 0 Å². The van der Waals surface area contributed by atoms with Crippen LogP contribution < -0.4 is 16.4 Å². The maximum Gasteiger partial charge on any atom is 0.255 e. The third kappa shape index (κ3) is 5.18. The van der Waals surface area contributed by atoms with E-state index in [9.17, 15) is 13.6 Å². The molecule has 1 fully saturated rings. The van der Waals surface area contributed by atoms with E-state index in [1.54, 1.807) is 6.20 Å². The van der Waals surface area contributed by atoms with Crippen molar-refractivity contribution in [2.75, 3.05) is 29.5 Å². The summed E-state index contributed by atoms with van der Waals surface area (Å²) in [4.78, 5) is 24.8. The van der Waals surface area contributed by atoms with Gasteiger partial charge in [0.1, 0.15) is 23.0 Å². The van der Waals surface area contributed by atoms with Crippen LogP contribution in [0, 0.1) is 11.6 Å². The zero-order valence-electron chi connectivity index (χ0n) is 20.8. The standard InChI is InChI=1S/C28H25F2N7OS/c29-19-4-3-5-21(31)26(19)35-27(38)18-6-7-22(20(30)13-18)34-28-33-15-24(39-28)23-14-32-25-12-17(8-11-37(23)25)16-36-9-1-2-10-36/h3-8,11-15H,1-2,9-10,16,31H2,(H,33,34)(H,35,38). The number of rotatable bonds is 7. The number of nitrogens with two attached hydrogens (primary N) is 1. The minimum absolute atomic E-state index is 0.0235. The van der Waals surface area contributed by atoms with Gasteiger partial charge in [-0.1, -0.05) is 17.4 Å². The second kappa shape index (κ2) is 10.4. The van der Waals surface area contributed by atoms with Crippen LogP contribution in [0.4, 0.5) is 31.0 Å². The molecule has 1 aliphatic heterocycles. The molecule has 0 saturated carbocycles. The number of carbonyl (C=O) groups is 1. The molecule has 0 radical (unpaired) electrons. The first-order chi connectivity index (χ1) is 18.9. The topological polar surface area (TPSA) is 101 Å². The number of nitrogen functional groups attached to an aromatic ring is 1. The van der Waals surface area contributed by atoms with Crippen molar-refractivity contribution >= 4 is 45.1 Å². The molecule has 6 rings (SSSR count). The van der Waals surface area contributed by atoms with Gasteiger partial charge in [0.25, 0.3) is 5.91 Å². The van der Waals surface area contributed by atoms with Crippen molar-refractivity contribution in [3.05, 3.63) is 89.9 Å². The maximum absolute atomic E-state index is 14.9. The molecule has 0 spiro atoms. The van der Waals surface area contributed by atoms with Crippen molar-refractivity contribution in [3.8, 4) is 10.6 Å². The molecule has 0 unspecified atom stereocenters. The summed E-state index contributed by atoms with van der Waals surface area (Å²) in [6.45, 7) is 3.21. The van der Waals surface area contributed by atoms with Gasteiger partial charge in [0, 0.05) is 24.5 Å². The van der Waals surface area contributed by atoms with Crippen LogP contribution in [0.3, 0.4) is 0 Å². The smallest absolute Gasteiger partial charge is 0.255 e. The van der Waals surface area contributed by atoms with Gasteiger partial charge in [-0.25, -0.2) is 18.7 Å². The van der Waals surface area contributed by atoms with Crippen LogP contribution in [0.2, 0.25) is 0 Å². The van der Waals surface area contributed by atoms with E-state index in [2.05, 4.69) is 37.6 Å². The van der Waals surface area contributed by atoms with Gasteiger partial charge in [0.15, 0.2) is 5.13 Å². The number of para-hydroxylation sites is 1. The third-order valence-electron chi connectivity index (χ3n) is 6.70. The minimum Gasteiger partial charge on any atom is -0.397 e. The van der Waals surface area contributed by atoms with Crippen LogP contribution in [0.5, 0.6) is 0 Å². The lowest BCUT2D eigenvalue weighted by Crippen LogP contribution is -2.18. The highest BCUT2D eigenvalue weighted by Crippen LogP contribution is 2.32. The molecule has 1 saturated heterocycles. The number of hydrogen-bond acceptors (Lipinski definition) is 7. The Bertz CT molecular complexity index is 1660. The lowest BCUT2D eigenvalue weighted by Gasteiger charge is -2.14. The predicted octanol–water partition coefficient (Wildman–Crippen LogP) is 5.91. The third-order valence-corrected chi connectivity index (χ3v) is 7.63. The van der Waals surface area contributed by atoms with Crippen molar-refractivity contribution in [2.24, 2.45) is 0 Å². The van der Waals surface area contributed by atoms with Gasteiger partial charge >= 0.3 is 0 Å². The number of imidazole rings is 1. The second-order valence-electron chi connectivity index (χ2n) is 9.40. The van der Waals surface area contributed by atoms with Gasteiger partial charge < -0.3 is 16.4 Å². The molecule has 0 aliphatic carbocycles. The van der Waals surface area contributed by atoms with E-state index >= 15 is 0 Å². The Hall–Kier alpha value is -4.35. The Labute approximate surface area is 227 Å². The Morgan fingerprint density at radius 1 is 1.03 bits per heavy atom. The van der Waals surface area contributed by atoms with Gasteiger partial charge in [0.05, 0.1) is 28.1 Å². The number of hydrogen-bond donors (Lipinski definition) is 3. The van der Waals surface area contributed by atoms with E-state index < -0.39 is 17.5 Å². The molecule has 5 aromatic rings. The fourth-order valence-electron chi connectivity index (χ4n) is 4.68. The van der Waals surface area contributed by atoms with Gasteiger partial charge in [-0.2, -0.15) is 0 Å².